The van der Waals surface area contributed by atoms with Crippen LogP contribution in [0.1, 0.15) is 76.0 Å². The molecule has 1 atom stereocenters. The van der Waals surface area contributed by atoms with Gasteiger partial charge in [-0.1, -0.05) is 43.1 Å². The predicted molar refractivity (Wildman–Crippen MR) is 190 cm³/mol. The molecule has 3 aromatic rings. The van der Waals surface area contributed by atoms with Crippen molar-refractivity contribution in [1.29, 1.82) is 0 Å². The lowest BCUT2D eigenvalue weighted by atomic mass is 10.0. The van der Waals surface area contributed by atoms with E-state index >= 15 is 4.39 Å². The van der Waals surface area contributed by atoms with Crippen LogP contribution in [0.5, 0.6) is 5.75 Å². The Morgan fingerprint density at radius 1 is 1.14 bits per heavy atom. The lowest BCUT2D eigenvalue weighted by Gasteiger charge is -2.41. The molecule has 0 unspecified atom stereocenters. The molecule has 12 nitrogen and oxygen atoms in total. The fraction of sp³-hybridized carbons (Fsp3) is 0.429. The number of pyridine rings is 2. The molecule has 1 aromatic carbocycles. The van der Waals surface area contributed by atoms with E-state index in [9.17, 15) is 14.4 Å². The van der Waals surface area contributed by atoms with E-state index in [0.29, 0.717) is 5.69 Å². The van der Waals surface area contributed by atoms with Gasteiger partial charge in [-0.3, -0.25) is 9.78 Å². The molecule has 1 aliphatic heterocycles. The summed E-state index contributed by atoms with van der Waals surface area (Å²) in [5.74, 6) is -0.833. The topological polar surface area (TPSA) is 136 Å². The molecule has 4 rings (SSSR count). The van der Waals surface area contributed by atoms with Gasteiger partial charge in [-0.05, 0) is 64.8 Å². The number of methoxy groups -OCH3 is 1. The molecular weight excluding hydrogens is 690 g/mol. The third kappa shape index (κ3) is 9.06. The Balaban J connectivity index is 1.82. The number of benzene rings is 1. The number of nitrogens with one attached hydrogen (secondary N) is 1. The summed E-state index contributed by atoms with van der Waals surface area (Å²) in [7, 11) is 1.43. The van der Waals surface area contributed by atoms with Crippen LogP contribution in [0.15, 0.2) is 41.5 Å². The van der Waals surface area contributed by atoms with E-state index in [4.69, 9.17) is 37.4 Å². The van der Waals surface area contributed by atoms with E-state index in [0.717, 1.165) is 0 Å². The van der Waals surface area contributed by atoms with Crippen molar-refractivity contribution in [2.45, 2.75) is 66.0 Å². The first-order valence-corrected chi connectivity index (χ1v) is 16.7. The summed E-state index contributed by atoms with van der Waals surface area (Å²) >= 11 is 13.6. The monoisotopic (exact) mass is 730 g/mol. The molecule has 1 saturated heterocycles. The second-order valence-corrected chi connectivity index (χ2v) is 13.8. The molecule has 0 aliphatic carbocycles. The number of Topliss-reactive ketones (excluding diaryl/α,β-unsaturated/α-hetero) is 1. The number of carbonyl (C=O) groups is 3. The number of amides is 3. The highest BCUT2D eigenvalue weighted by molar-refractivity contribution is 6.37. The van der Waals surface area contributed by atoms with E-state index in [1.54, 1.807) is 36.6 Å². The molecule has 268 valence electrons. The molecule has 15 heteroatoms. The number of piperazine rings is 1. The zero-order valence-corrected chi connectivity index (χ0v) is 30.8. The minimum Gasteiger partial charge on any atom is -0.467 e. The van der Waals surface area contributed by atoms with Gasteiger partial charge in [0.05, 0.1) is 33.2 Å². The van der Waals surface area contributed by atoms with Crippen LogP contribution in [0.3, 0.4) is 0 Å². The maximum atomic E-state index is 15.2. The van der Waals surface area contributed by atoms with Crippen LogP contribution < -0.4 is 10.1 Å². The molecule has 1 N–H and O–H groups in total. The van der Waals surface area contributed by atoms with Gasteiger partial charge in [0.2, 0.25) is 0 Å². The summed E-state index contributed by atoms with van der Waals surface area (Å²) in [6, 6.07) is 6.01. The van der Waals surface area contributed by atoms with E-state index in [2.05, 4.69) is 20.3 Å². The Morgan fingerprint density at radius 2 is 1.86 bits per heavy atom. The van der Waals surface area contributed by atoms with Crippen molar-refractivity contribution in [2.24, 2.45) is 4.99 Å². The van der Waals surface area contributed by atoms with Gasteiger partial charge < -0.3 is 29.3 Å². The van der Waals surface area contributed by atoms with Crippen LogP contribution in [0.25, 0.3) is 11.3 Å². The number of urea groups is 1. The van der Waals surface area contributed by atoms with Crippen molar-refractivity contribution < 1.29 is 33.0 Å². The number of rotatable bonds is 8. The number of aliphatic imine (C=N–C) groups is 1. The minimum atomic E-state index is -0.820. The van der Waals surface area contributed by atoms with Crippen molar-refractivity contribution in [3.63, 3.8) is 0 Å². The number of amidine groups is 1. The Kier molecular flexibility index (Phi) is 12.4. The molecule has 2 aromatic heterocycles. The van der Waals surface area contributed by atoms with E-state index in [-0.39, 0.29) is 88.0 Å². The highest BCUT2D eigenvalue weighted by Gasteiger charge is 2.34. The van der Waals surface area contributed by atoms with Crippen LogP contribution in [0.4, 0.5) is 19.7 Å². The summed E-state index contributed by atoms with van der Waals surface area (Å²) in [4.78, 5) is 55.9. The second kappa shape index (κ2) is 16.1. The fourth-order valence-electron chi connectivity index (χ4n) is 5.39. The average Bonchev–Trinajstić information content (AvgIpc) is 3.03. The SMILES string of the molecule is COCOc1cccc(F)c1-c1nc(Cl)c(C(=NC(=O)Nc2c(C(C)=O)ccnc2C(C)C)N2CCN(C(=O)OC(C)(C)C)C[C@@H]2C)cc1Cl. The van der Waals surface area contributed by atoms with Gasteiger partial charge in [-0.15, -0.1) is 0 Å². The molecule has 0 saturated carbocycles. The standard InChI is InChI=1S/C35H41Cl2FN6O6/c1-19(2)28-29(22(21(4)45)12-13-39-28)41-33(46)42-32(44-15-14-43(17-20(44)3)34(47)50-35(5,6)7)23-16-24(36)30(40-31(23)37)27-25(38)10-9-11-26(27)49-18-48-8/h9-13,16,19-20H,14-15,17-18H2,1-8H3,(H,41,46)/t20-/m0/s1. The number of aromatic nitrogens is 2. The maximum absolute atomic E-state index is 15.2. The number of ketones is 1. The largest absolute Gasteiger partial charge is 0.467 e. The van der Waals surface area contributed by atoms with Gasteiger partial charge in [-0.2, -0.15) is 4.99 Å². The zero-order valence-electron chi connectivity index (χ0n) is 29.3. The Morgan fingerprint density at radius 3 is 2.48 bits per heavy atom. The van der Waals surface area contributed by atoms with Crippen LogP contribution in [0.2, 0.25) is 10.2 Å². The van der Waals surface area contributed by atoms with Gasteiger partial charge in [0.1, 0.15) is 28.2 Å². The van der Waals surface area contributed by atoms with E-state index < -0.39 is 29.6 Å². The summed E-state index contributed by atoms with van der Waals surface area (Å²) < 4.78 is 31.3. The van der Waals surface area contributed by atoms with Crippen molar-refractivity contribution in [3.05, 3.63) is 69.3 Å². The van der Waals surface area contributed by atoms with Gasteiger partial charge in [-0.25, -0.2) is 19.0 Å². The van der Waals surface area contributed by atoms with Crippen molar-refractivity contribution in [2.75, 3.05) is 38.9 Å². The van der Waals surface area contributed by atoms with Crippen molar-refractivity contribution in [1.82, 2.24) is 19.8 Å². The van der Waals surface area contributed by atoms with E-state index in [1.807, 2.05) is 20.8 Å². The summed E-state index contributed by atoms with van der Waals surface area (Å²) in [5.41, 5.74) is 0.471. The molecule has 3 heterocycles. The summed E-state index contributed by atoms with van der Waals surface area (Å²) in [6.45, 7) is 12.9. The molecule has 1 fully saturated rings. The number of carbonyl (C=O) groups excluding carboxylic acids is 3. The first-order valence-electron chi connectivity index (χ1n) is 15.9. The highest BCUT2D eigenvalue weighted by atomic mass is 35.5. The molecular formula is C35H41Cl2FN6O6. The average molecular weight is 732 g/mol. The minimum absolute atomic E-state index is 0.000695. The third-order valence-corrected chi connectivity index (χ3v) is 8.19. The summed E-state index contributed by atoms with van der Waals surface area (Å²) in [5, 5.41) is 2.63. The predicted octanol–water partition coefficient (Wildman–Crippen LogP) is 7.82. The van der Waals surface area contributed by atoms with Crippen LogP contribution in [0, 0.1) is 5.82 Å². The van der Waals surface area contributed by atoms with E-state index in [1.165, 1.54) is 44.5 Å². The van der Waals surface area contributed by atoms with Crippen molar-refractivity contribution >= 4 is 52.6 Å². The van der Waals surface area contributed by atoms with Crippen LogP contribution >= 0.6 is 23.2 Å². The molecule has 0 spiro atoms. The third-order valence-electron chi connectivity index (χ3n) is 7.61. The first-order chi connectivity index (χ1) is 23.5. The van der Waals surface area contributed by atoms with Crippen LogP contribution in [-0.2, 0) is 9.47 Å². The quantitative estimate of drug-likeness (QED) is 0.0809. The molecule has 50 heavy (non-hydrogen) atoms. The molecule has 0 radical (unpaired) electrons. The number of ether oxygens (including phenoxy) is 3. The van der Waals surface area contributed by atoms with Gasteiger partial charge in [0.15, 0.2) is 12.6 Å². The lowest BCUT2D eigenvalue weighted by Crippen LogP contribution is -2.56. The Bertz CT molecular complexity index is 1800. The molecule has 3 amide bonds. The number of hydrogen-bond acceptors (Lipinski definition) is 8. The highest BCUT2D eigenvalue weighted by Crippen LogP contribution is 2.38. The smallest absolute Gasteiger partial charge is 0.410 e. The molecule has 1 aliphatic rings. The summed E-state index contributed by atoms with van der Waals surface area (Å²) in [6.07, 6.45) is 1.04. The Hall–Kier alpha value is -4.33. The maximum Gasteiger partial charge on any atom is 0.410 e. The second-order valence-electron chi connectivity index (χ2n) is 13.0. The fourth-order valence-corrected chi connectivity index (χ4v) is 5.86. The lowest BCUT2D eigenvalue weighted by molar-refractivity contribution is 0.0133. The number of anilines is 1. The number of halogens is 3. The zero-order chi connectivity index (χ0) is 36.9. The molecule has 0 bridgehead atoms. The van der Waals surface area contributed by atoms with Gasteiger partial charge >= 0.3 is 12.1 Å². The number of hydrogen-bond donors (Lipinski definition) is 1. The van der Waals surface area contributed by atoms with Crippen molar-refractivity contribution in [3.8, 4) is 17.0 Å². The van der Waals surface area contributed by atoms with Crippen LogP contribution in [-0.4, -0.2) is 88.7 Å². The first kappa shape index (κ1) is 38.5. The van der Waals surface area contributed by atoms with Gasteiger partial charge in [0, 0.05) is 44.5 Å². The normalized spacial score (nSPS) is 15.3. The number of nitrogens with zero attached hydrogens (tertiary/aromatic N) is 5. The Labute approximate surface area is 300 Å². The van der Waals surface area contributed by atoms with Gasteiger partial charge in [0.25, 0.3) is 0 Å².